The first-order chi connectivity index (χ1) is 10.5. The number of fused-ring (bicyclic) bond motifs is 1. The minimum atomic E-state index is -0.119. The molecule has 0 aromatic heterocycles. The van der Waals surface area contributed by atoms with Crippen LogP contribution in [0.5, 0.6) is 0 Å². The van der Waals surface area contributed by atoms with Crippen LogP contribution in [0, 0.1) is 5.92 Å². The molecule has 0 bridgehead atoms. The number of amides is 2. The molecule has 1 saturated heterocycles. The average Bonchev–Trinajstić information content (AvgIpc) is 2.44. The summed E-state index contributed by atoms with van der Waals surface area (Å²) in [6.45, 7) is 5.58. The molecule has 2 amide bonds. The highest BCUT2D eigenvalue weighted by molar-refractivity contribution is 6.35. The molecule has 3 rings (SSSR count). The summed E-state index contributed by atoms with van der Waals surface area (Å²) in [6, 6.07) is 3.61. The van der Waals surface area contributed by atoms with E-state index >= 15 is 0 Å². The van der Waals surface area contributed by atoms with Crippen molar-refractivity contribution in [3.63, 3.8) is 0 Å². The van der Waals surface area contributed by atoms with E-state index in [4.69, 9.17) is 23.2 Å². The summed E-state index contributed by atoms with van der Waals surface area (Å²) in [4.78, 5) is 27.4. The molecular weight excluding hydrogens is 323 g/mol. The number of hydrogen-bond donors (Lipinski definition) is 0. The fourth-order valence-corrected chi connectivity index (χ4v) is 3.63. The molecule has 4 nitrogen and oxygen atoms in total. The fourth-order valence-electron chi connectivity index (χ4n) is 3.00. The smallest absolute Gasteiger partial charge is 0.246 e. The predicted octanol–water partition coefficient (Wildman–Crippen LogP) is 2.52. The second-order valence-corrected chi connectivity index (χ2v) is 6.52. The number of carbonyl (C=O) groups excluding carboxylic acids is 2. The Kier molecular flexibility index (Phi) is 4.15. The van der Waals surface area contributed by atoms with Gasteiger partial charge in [-0.15, -0.1) is 0 Å². The molecular formula is C16H16Cl2N2O2. The zero-order valence-electron chi connectivity index (χ0n) is 12.0. The van der Waals surface area contributed by atoms with Gasteiger partial charge in [0.05, 0.1) is 5.92 Å². The van der Waals surface area contributed by atoms with E-state index in [2.05, 4.69) is 6.58 Å². The molecule has 116 valence electrons. The van der Waals surface area contributed by atoms with Crippen LogP contribution in [0.15, 0.2) is 24.8 Å². The number of halogens is 2. The first-order valence-corrected chi connectivity index (χ1v) is 7.92. The van der Waals surface area contributed by atoms with Crippen molar-refractivity contribution in [3.8, 4) is 0 Å². The third kappa shape index (κ3) is 2.73. The second-order valence-electron chi connectivity index (χ2n) is 5.68. The molecule has 2 heterocycles. The molecule has 2 aliphatic rings. The molecule has 0 atom stereocenters. The number of hydrogen-bond acceptors (Lipinski definition) is 2. The van der Waals surface area contributed by atoms with Crippen LogP contribution >= 0.6 is 23.2 Å². The normalized spacial score (nSPS) is 17.7. The third-order valence-corrected chi connectivity index (χ3v) is 4.83. The molecule has 22 heavy (non-hydrogen) atoms. The topological polar surface area (TPSA) is 40.6 Å². The number of nitrogens with zero attached hydrogens (tertiary/aromatic N) is 2. The van der Waals surface area contributed by atoms with Gasteiger partial charge >= 0.3 is 0 Å². The lowest BCUT2D eigenvalue weighted by atomic mass is 9.94. The Hall–Kier alpha value is -1.52. The lowest BCUT2D eigenvalue weighted by molar-refractivity contribution is -0.146. The standard InChI is InChI=1S/C16H16Cl2N2O2/c1-2-15(21)20-8-11(9-20)16(22)19-4-3-13-10(7-19)5-12(17)6-14(13)18/h2,5-6,11H,1,3-4,7-9H2. The van der Waals surface area contributed by atoms with Crippen LogP contribution in [0.1, 0.15) is 11.1 Å². The van der Waals surface area contributed by atoms with Crippen LogP contribution in [0.25, 0.3) is 0 Å². The third-order valence-electron chi connectivity index (χ3n) is 4.27. The fraction of sp³-hybridized carbons (Fsp3) is 0.375. The molecule has 1 fully saturated rings. The quantitative estimate of drug-likeness (QED) is 0.777. The summed E-state index contributed by atoms with van der Waals surface area (Å²) in [5.41, 5.74) is 2.09. The van der Waals surface area contributed by atoms with Crippen LogP contribution in [-0.2, 0) is 22.6 Å². The number of rotatable bonds is 2. The monoisotopic (exact) mass is 338 g/mol. The van der Waals surface area contributed by atoms with Crippen molar-refractivity contribution in [3.05, 3.63) is 46.0 Å². The zero-order chi connectivity index (χ0) is 15.9. The molecule has 1 aromatic rings. The van der Waals surface area contributed by atoms with Gasteiger partial charge in [0.15, 0.2) is 0 Å². The summed E-state index contributed by atoms with van der Waals surface area (Å²) in [5, 5.41) is 1.26. The van der Waals surface area contributed by atoms with Gasteiger partial charge in [0.2, 0.25) is 11.8 Å². The first kappa shape index (κ1) is 15.4. The number of likely N-dealkylation sites (tertiary alicyclic amines) is 1. The van der Waals surface area contributed by atoms with Gasteiger partial charge in [-0.3, -0.25) is 9.59 Å². The van der Waals surface area contributed by atoms with Gasteiger partial charge in [0, 0.05) is 36.2 Å². The van der Waals surface area contributed by atoms with Crippen LogP contribution in [0.3, 0.4) is 0 Å². The number of carbonyl (C=O) groups is 2. The molecule has 1 aromatic carbocycles. The van der Waals surface area contributed by atoms with Crippen molar-refractivity contribution in [1.82, 2.24) is 9.80 Å². The molecule has 0 spiro atoms. The second kappa shape index (κ2) is 5.94. The SMILES string of the molecule is C=CC(=O)N1CC(C(=O)N2CCc3c(Cl)cc(Cl)cc3C2)C1. The van der Waals surface area contributed by atoms with Gasteiger partial charge in [-0.1, -0.05) is 29.8 Å². The Morgan fingerprint density at radius 1 is 1.23 bits per heavy atom. The van der Waals surface area contributed by atoms with Gasteiger partial charge in [-0.05, 0) is 35.8 Å². The maximum Gasteiger partial charge on any atom is 0.246 e. The molecule has 0 unspecified atom stereocenters. The van der Waals surface area contributed by atoms with Crippen LogP contribution in [0.2, 0.25) is 10.0 Å². The van der Waals surface area contributed by atoms with Crippen molar-refractivity contribution >= 4 is 35.0 Å². The van der Waals surface area contributed by atoms with Crippen molar-refractivity contribution < 1.29 is 9.59 Å². The molecule has 0 radical (unpaired) electrons. The van der Waals surface area contributed by atoms with E-state index in [0.717, 1.165) is 17.5 Å². The summed E-state index contributed by atoms with van der Waals surface area (Å²) in [7, 11) is 0. The Bertz CT molecular complexity index is 654. The van der Waals surface area contributed by atoms with E-state index in [1.165, 1.54) is 6.08 Å². The highest BCUT2D eigenvalue weighted by atomic mass is 35.5. The van der Waals surface area contributed by atoms with Crippen molar-refractivity contribution in [2.45, 2.75) is 13.0 Å². The van der Waals surface area contributed by atoms with Gasteiger partial charge in [-0.2, -0.15) is 0 Å². The van der Waals surface area contributed by atoms with Gasteiger partial charge < -0.3 is 9.80 Å². The van der Waals surface area contributed by atoms with Gasteiger partial charge in [-0.25, -0.2) is 0 Å². The van der Waals surface area contributed by atoms with Crippen LogP contribution in [0.4, 0.5) is 0 Å². The molecule has 0 saturated carbocycles. The lowest BCUT2D eigenvalue weighted by Crippen LogP contribution is -2.56. The Balaban J connectivity index is 1.67. The maximum atomic E-state index is 12.5. The van der Waals surface area contributed by atoms with Gasteiger partial charge in [0.1, 0.15) is 0 Å². The summed E-state index contributed by atoms with van der Waals surface area (Å²) in [6.07, 6.45) is 2.01. The Morgan fingerprint density at radius 3 is 2.64 bits per heavy atom. The highest BCUT2D eigenvalue weighted by Gasteiger charge is 2.37. The van der Waals surface area contributed by atoms with E-state index in [1.807, 2.05) is 11.0 Å². The van der Waals surface area contributed by atoms with Crippen LogP contribution in [-0.4, -0.2) is 41.2 Å². The Morgan fingerprint density at radius 2 is 1.95 bits per heavy atom. The van der Waals surface area contributed by atoms with Crippen molar-refractivity contribution in [1.29, 1.82) is 0 Å². The highest BCUT2D eigenvalue weighted by Crippen LogP contribution is 2.31. The van der Waals surface area contributed by atoms with E-state index < -0.39 is 0 Å². The minimum Gasteiger partial charge on any atom is -0.338 e. The summed E-state index contributed by atoms with van der Waals surface area (Å²) >= 11 is 12.2. The minimum absolute atomic E-state index is 0.0925. The average molecular weight is 339 g/mol. The Labute approximate surface area is 139 Å². The summed E-state index contributed by atoms with van der Waals surface area (Å²) < 4.78 is 0. The zero-order valence-corrected chi connectivity index (χ0v) is 13.5. The number of benzene rings is 1. The first-order valence-electron chi connectivity index (χ1n) is 7.16. The molecule has 0 aliphatic carbocycles. The molecule has 2 aliphatic heterocycles. The van der Waals surface area contributed by atoms with Crippen molar-refractivity contribution in [2.24, 2.45) is 5.92 Å². The van der Waals surface area contributed by atoms with Crippen LogP contribution < -0.4 is 0 Å². The largest absolute Gasteiger partial charge is 0.338 e. The van der Waals surface area contributed by atoms with E-state index in [1.54, 1.807) is 11.0 Å². The maximum absolute atomic E-state index is 12.5. The van der Waals surface area contributed by atoms with Gasteiger partial charge in [0.25, 0.3) is 0 Å². The van der Waals surface area contributed by atoms with E-state index in [0.29, 0.717) is 36.2 Å². The van der Waals surface area contributed by atoms with Crippen molar-refractivity contribution in [2.75, 3.05) is 19.6 Å². The molecule has 6 heteroatoms. The predicted molar refractivity (Wildman–Crippen MR) is 85.9 cm³/mol. The van der Waals surface area contributed by atoms with E-state index in [9.17, 15) is 9.59 Å². The lowest BCUT2D eigenvalue weighted by Gasteiger charge is -2.41. The summed E-state index contributed by atoms with van der Waals surface area (Å²) in [5.74, 6) is -0.137. The van der Waals surface area contributed by atoms with E-state index in [-0.39, 0.29) is 17.7 Å². The molecule has 0 N–H and O–H groups in total.